The Hall–Kier alpha value is -0.890. The largest absolute Gasteiger partial charge is 0.314 e. The molecule has 0 aromatic heterocycles. The van der Waals surface area contributed by atoms with Gasteiger partial charge < -0.3 is 5.32 Å². The predicted octanol–water partition coefficient (Wildman–Crippen LogP) is 2.90. The van der Waals surface area contributed by atoms with Gasteiger partial charge in [0.25, 0.3) is 0 Å². The topological polar surface area (TPSA) is 12.0 Å². The molecule has 1 atom stereocenters. The molecule has 15 heavy (non-hydrogen) atoms. The van der Waals surface area contributed by atoms with Crippen molar-refractivity contribution in [2.24, 2.45) is 0 Å². The Balaban J connectivity index is 1.84. The Morgan fingerprint density at radius 1 is 1.27 bits per heavy atom. The van der Waals surface area contributed by atoms with Crippen molar-refractivity contribution in [1.82, 2.24) is 5.32 Å². The molecule has 1 aromatic rings. The van der Waals surface area contributed by atoms with Gasteiger partial charge in [0.05, 0.1) is 0 Å². The maximum Gasteiger partial charge on any atom is 0.126 e. The van der Waals surface area contributed by atoms with E-state index in [1.165, 1.54) is 19.3 Å². The summed E-state index contributed by atoms with van der Waals surface area (Å²) in [5, 5.41) is 3.49. The molecule has 0 spiro atoms. The first kappa shape index (κ1) is 10.6. The van der Waals surface area contributed by atoms with Crippen molar-refractivity contribution in [2.75, 3.05) is 6.54 Å². The van der Waals surface area contributed by atoms with Crippen LogP contribution < -0.4 is 5.32 Å². The maximum atomic E-state index is 13.3. The first-order chi connectivity index (χ1) is 7.36. The van der Waals surface area contributed by atoms with Gasteiger partial charge in [-0.05, 0) is 43.9 Å². The first-order valence-corrected chi connectivity index (χ1v) is 5.83. The van der Waals surface area contributed by atoms with Gasteiger partial charge in [-0.2, -0.15) is 0 Å². The minimum absolute atomic E-state index is 0.0618. The van der Waals surface area contributed by atoms with E-state index in [1.54, 1.807) is 12.1 Å². The quantitative estimate of drug-likeness (QED) is 0.803. The number of halogens is 1. The van der Waals surface area contributed by atoms with Gasteiger partial charge in [-0.1, -0.05) is 24.6 Å². The Morgan fingerprint density at radius 2 is 2.13 bits per heavy atom. The smallest absolute Gasteiger partial charge is 0.126 e. The van der Waals surface area contributed by atoms with Crippen molar-refractivity contribution in [3.63, 3.8) is 0 Å². The van der Waals surface area contributed by atoms with Gasteiger partial charge in [-0.15, -0.1) is 0 Å². The van der Waals surface area contributed by atoms with Gasteiger partial charge in [0.2, 0.25) is 0 Å². The van der Waals surface area contributed by atoms with E-state index in [0.717, 1.165) is 24.9 Å². The molecule has 0 bridgehead atoms. The summed E-state index contributed by atoms with van der Waals surface area (Å²) in [4.78, 5) is 0. The molecule has 1 nitrogen and oxygen atoms in total. The van der Waals surface area contributed by atoms with Crippen molar-refractivity contribution < 1.29 is 4.39 Å². The summed E-state index contributed by atoms with van der Waals surface area (Å²) >= 11 is 0. The third-order valence-corrected chi connectivity index (χ3v) is 3.13. The van der Waals surface area contributed by atoms with E-state index >= 15 is 0 Å². The lowest BCUT2D eigenvalue weighted by molar-refractivity contribution is 0.381. The standard InChI is InChI=1S/C13H18FN/c14-13-7-2-1-5-11(13)8-9-12-6-3-4-10-15-12/h1-2,5,7,12,15H,3-4,6,8-10H2/t12-/m1/s1. The second kappa shape index (κ2) is 5.26. The molecule has 1 aliphatic heterocycles. The summed E-state index contributed by atoms with van der Waals surface area (Å²) in [5.41, 5.74) is 0.852. The average Bonchev–Trinajstić information content (AvgIpc) is 2.29. The van der Waals surface area contributed by atoms with E-state index in [-0.39, 0.29) is 5.82 Å². The Kier molecular flexibility index (Phi) is 3.73. The van der Waals surface area contributed by atoms with Crippen molar-refractivity contribution in [1.29, 1.82) is 0 Å². The van der Waals surface area contributed by atoms with Crippen LogP contribution in [0.3, 0.4) is 0 Å². The van der Waals surface area contributed by atoms with E-state index in [4.69, 9.17) is 0 Å². The van der Waals surface area contributed by atoms with Crippen LogP contribution in [-0.2, 0) is 6.42 Å². The monoisotopic (exact) mass is 207 g/mol. The fraction of sp³-hybridized carbons (Fsp3) is 0.538. The highest BCUT2D eigenvalue weighted by Gasteiger charge is 2.12. The van der Waals surface area contributed by atoms with Crippen LogP contribution in [0, 0.1) is 5.82 Å². The number of rotatable bonds is 3. The molecule has 0 unspecified atom stereocenters. The van der Waals surface area contributed by atoms with Gasteiger partial charge >= 0.3 is 0 Å². The normalized spacial score (nSPS) is 21.5. The Morgan fingerprint density at radius 3 is 2.87 bits per heavy atom. The molecule has 1 fully saturated rings. The minimum Gasteiger partial charge on any atom is -0.314 e. The number of aryl methyl sites for hydroxylation is 1. The summed E-state index contributed by atoms with van der Waals surface area (Å²) in [6, 6.07) is 7.69. The Labute approximate surface area is 90.7 Å². The molecule has 1 heterocycles. The van der Waals surface area contributed by atoms with Crippen LogP contribution in [0.5, 0.6) is 0 Å². The number of benzene rings is 1. The summed E-state index contributed by atoms with van der Waals surface area (Å²) in [7, 11) is 0. The zero-order valence-corrected chi connectivity index (χ0v) is 9.01. The first-order valence-electron chi connectivity index (χ1n) is 5.83. The molecular weight excluding hydrogens is 189 g/mol. The molecular formula is C13H18FN. The molecule has 1 saturated heterocycles. The van der Waals surface area contributed by atoms with Crippen LogP contribution >= 0.6 is 0 Å². The fourth-order valence-electron chi connectivity index (χ4n) is 2.20. The summed E-state index contributed by atoms with van der Waals surface area (Å²) in [6.07, 6.45) is 5.75. The van der Waals surface area contributed by atoms with E-state index in [0.29, 0.717) is 6.04 Å². The molecule has 0 radical (unpaired) electrons. The lowest BCUT2D eigenvalue weighted by Crippen LogP contribution is -2.34. The van der Waals surface area contributed by atoms with E-state index in [2.05, 4.69) is 5.32 Å². The lowest BCUT2D eigenvalue weighted by atomic mass is 9.98. The predicted molar refractivity (Wildman–Crippen MR) is 60.4 cm³/mol. The van der Waals surface area contributed by atoms with Gasteiger partial charge in [-0.3, -0.25) is 0 Å². The molecule has 0 amide bonds. The lowest BCUT2D eigenvalue weighted by Gasteiger charge is -2.23. The van der Waals surface area contributed by atoms with Crippen LogP contribution in [0.4, 0.5) is 4.39 Å². The minimum atomic E-state index is -0.0618. The second-order valence-electron chi connectivity index (χ2n) is 4.28. The zero-order valence-electron chi connectivity index (χ0n) is 9.01. The van der Waals surface area contributed by atoms with Crippen molar-refractivity contribution in [3.05, 3.63) is 35.6 Å². The molecule has 1 aromatic carbocycles. The van der Waals surface area contributed by atoms with Gasteiger partial charge in [0, 0.05) is 6.04 Å². The van der Waals surface area contributed by atoms with Crippen molar-refractivity contribution in [3.8, 4) is 0 Å². The van der Waals surface area contributed by atoms with E-state index in [1.807, 2.05) is 12.1 Å². The highest BCUT2D eigenvalue weighted by Crippen LogP contribution is 2.15. The van der Waals surface area contributed by atoms with E-state index in [9.17, 15) is 4.39 Å². The highest BCUT2D eigenvalue weighted by molar-refractivity contribution is 5.17. The van der Waals surface area contributed by atoms with Crippen LogP contribution in [-0.4, -0.2) is 12.6 Å². The number of hydrogen-bond acceptors (Lipinski definition) is 1. The van der Waals surface area contributed by atoms with Gasteiger partial charge in [0.15, 0.2) is 0 Å². The molecule has 82 valence electrons. The SMILES string of the molecule is Fc1ccccc1CC[C@H]1CCCCN1. The average molecular weight is 207 g/mol. The third-order valence-electron chi connectivity index (χ3n) is 3.13. The van der Waals surface area contributed by atoms with Crippen LogP contribution in [0.2, 0.25) is 0 Å². The fourth-order valence-corrected chi connectivity index (χ4v) is 2.20. The number of hydrogen-bond donors (Lipinski definition) is 1. The summed E-state index contributed by atoms with van der Waals surface area (Å²) < 4.78 is 13.3. The number of piperidine rings is 1. The number of nitrogens with one attached hydrogen (secondary N) is 1. The zero-order chi connectivity index (χ0) is 10.5. The maximum absolute atomic E-state index is 13.3. The second-order valence-corrected chi connectivity index (χ2v) is 4.28. The van der Waals surface area contributed by atoms with Crippen LogP contribution in [0.1, 0.15) is 31.2 Å². The molecule has 0 saturated carbocycles. The van der Waals surface area contributed by atoms with Crippen molar-refractivity contribution in [2.45, 2.75) is 38.1 Å². The third kappa shape index (κ3) is 3.03. The molecule has 1 N–H and O–H groups in total. The van der Waals surface area contributed by atoms with Crippen molar-refractivity contribution >= 4 is 0 Å². The van der Waals surface area contributed by atoms with Crippen LogP contribution in [0.25, 0.3) is 0 Å². The highest BCUT2D eigenvalue weighted by atomic mass is 19.1. The van der Waals surface area contributed by atoms with Gasteiger partial charge in [-0.25, -0.2) is 4.39 Å². The van der Waals surface area contributed by atoms with Crippen LogP contribution in [0.15, 0.2) is 24.3 Å². The summed E-state index contributed by atoms with van der Waals surface area (Å²) in [6.45, 7) is 1.13. The molecule has 2 heteroatoms. The molecule has 0 aliphatic carbocycles. The molecule has 1 aliphatic rings. The van der Waals surface area contributed by atoms with Gasteiger partial charge in [0.1, 0.15) is 5.82 Å². The molecule has 2 rings (SSSR count). The summed E-state index contributed by atoms with van der Waals surface area (Å²) in [5.74, 6) is -0.0618. The van der Waals surface area contributed by atoms with E-state index < -0.39 is 0 Å². The Bertz CT molecular complexity index is 305.